The minimum Gasteiger partial charge on any atom is -0.320 e. The average Bonchev–Trinajstić information content (AvgIpc) is 2.43. The number of carbonyl (C=O) groups excluding carboxylic acids is 3. The molecule has 1 fully saturated rings. The second-order valence-electron chi connectivity index (χ2n) is 4.85. The van der Waals surface area contributed by atoms with Gasteiger partial charge in [-0.25, -0.2) is 0 Å². The van der Waals surface area contributed by atoms with Crippen LogP contribution in [0.2, 0.25) is 0 Å². The van der Waals surface area contributed by atoms with Crippen LogP contribution in [0.1, 0.15) is 12.5 Å². The normalized spacial score (nSPS) is 20.5. The van der Waals surface area contributed by atoms with Crippen LogP contribution in [0.4, 0.5) is 0 Å². The average molecular weight is 275 g/mol. The fraction of sp³-hybridized carbons (Fsp3) is 0.357. The van der Waals surface area contributed by atoms with E-state index in [1.165, 1.54) is 4.90 Å². The van der Waals surface area contributed by atoms with E-state index in [1.807, 2.05) is 30.3 Å². The highest BCUT2D eigenvalue weighted by atomic mass is 16.2. The lowest BCUT2D eigenvalue weighted by Gasteiger charge is -2.33. The Morgan fingerprint density at radius 2 is 2.05 bits per heavy atom. The zero-order valence-corrected chi connectivity index (χ0v) is 11.2. The number of benzene rings is 1. The first kappa shape index (κ1) is 14.2. The molecule has 6 heteroatoms. The number of nitrogens with two attached hydrogens (primary N) is 1. The number of carbonyl (C=O) groups is 3. The van der Waals surface area contributed by atoms with Crippen LogP contribution in [0.5, 0.6) is 0 Å². The third-order valence-corrected chi connectivity index (χ3v) is 3.32. The molecule has 106 valence electrons. The molecule has 0 aliphatic carbocycles. The Hall–Kier alpha value is -2.21. The maximum Gasteiger partial charge on any atom is 0.249 e. The first-order valence-electron chi connectivity index (χ1n) is 6.42. The van der Waals surface area contributed by atoms with Gasteiger partial charge in [-0.2, -0.15) is 0 Å². The van der Waals surface area contributed by atoms with Crippen molar-refractivity contribution in [2.45, 2.75) is 25.4 Å². The molecular formula is C14H17N3O3. The molecule has 3 amide bonds. The molecule has 2 rings (SSSR count). The summed E-state index contributed by atoms with van der Waals surface area (Å²) < 4.78 is 0. The van der Waals surface area contributed by atoms with Crippen LogP contribution in [-0.4, -0.2) is 41.2 Å². The van der Waals surface area contributed by atoms with Crippen LogP contribution >= 0.6 is 0 Å². The van der Waals surface area contributed by atoms with Crippen molar-refractivity contribution in [2.75, 3.05) is 6.54 Å². The van der Waals surface area contributed by atoms with E-state index in [1.54, 1.807) is 6.92 Å². The smallest absolute Gasteiger partial charge is 0.249 e. The summed E-state index contributed by atoms with van der Waals surface area (Å²) in [6.07, 6.45) is 0.374. The van der Waals surface area contributed by atoms with Gasteiger partial charge in [0.25, 0.3) is 0 Å². The highest BCUT2D eigenvalue weighted by molar-refractivity contribution is 6.04. The summed E-state index contributed by atoms with van der Waals surface area (Å²) in [5.41, 5.74) is 6.84. The van der Waals surface area contributed by atoms with Crippen LogP contribution < -0.4 is 11.1 Å². The fourth-order valence-electron chi connectivity index (χ4n) is 2.15. The van der Waals surface area contributed by atoms with Gasteiger partial charge in [0, 0.05) is 0 Å². The Morgan fingerprint density at radius 3 is 2.70 bits per heavy atom. The second-order valence-corrected chi connectivity index (χ2v) is 4.85. The van der Waals surface area contributed by atoms with Crippen LogP contribution in [0, 0.1) is 0 Å². The van der Waals surface area contributed by atoms with Crippen molar-refractivity contribution in [3.8, 4) is 0 Å². The van der Waals surface area contributed by atoms with E-state index in [9.17, 15) is 14.4 Å². The van der Waals surface area contributed by atoms with E-state index in [0.29, 0.717) is 6.42 Å². The Kier molecular flexibility index (Phi) is 4.14. The zero-order chi connectivity index (χ0) is 14.7. The number of nitrogens with zero attached hydrogens (tertiary/aromatic N) is 1. The molecule has 1 aliphatic heterocycles. The molecule has 0 saturated carbocycles. The largest absolute Gasteiger partial charge is 0.320 e. The third kappa shape index (κ3) is 3.03. The first-order valence-corrected chi connectivity index (χ1v) is 6.42. The standard InChI is InChI=1S/C14H17N3O3/c1-9-13(19)16-12(18)8-17(9)14(20)11(15)7-10-5-3-2-4-6-10/h2-6,9,11H,7-8,15H2,1H3,(H,16,18,19)/t9?,11-/m0/s1. The number of rotatable bonds is 3. The number of nitrogens with one attached hydrogen (secondary N) is 1. The second kappa shape index (κ2) is 5.83. The molecule has 2 atom stereocenters. The van der Waals surface area contributed by atoms with Gasteiger partial charge in [-0.3, -0.25) is 19.7 Å². The van der Waals surface area contributed by atoms with Gasteiger partial charge >= 0.3 is 0 Å². The topological polar surface area (TPSA) is 92.5 Å². The molecule has 0 spiro atoms. The fourth-order valence-corrected chi connectivity index (χ4v) is 2.15. The van der Waals surface area contributed by atoms with Crippen molar-refractivity contribution in [1.29, 1.82) is 0 Å². The molecule has 1 aromatic rings. The maximum atomic E-state index is 12.3. The van der Waals surface area contributed by atoms with Crippen LogP contribution in [0.3, 0.4) is 0 Å². The van der Waals surface area contributed by atoms with Crippen molar-refractivity contribution < 1.29 is 14.4 Å². The summed E-state index contributed by atoms with van der Waals surface area (Å²) in [6.45, 7) is 1.45. The van der Waals surface area contributed by atoms with Crippen molar-refractivity contribution in [3.05, 3.63) is 35.9 Å². The molecular weight excluding hydrogens is 258 g/mol. The Morgan fingerprint density at radius 1 is 1.40 bits per heavy atom. The summed E-state index contributed by atoms with van der Waals surface area (Å²) in [4.78, 5) is 36.4. The van der Waals surface area contributed by atoms with Gasteiger partial charge in [-0.05, 0) is 18.9 Å². The van der Waals surface area contributed by atoms with Gasteiger partial charge in [0.1, 0.15) is 12.6 Å². The lowest BCUT2D eigenvalue weighted by Crippen LogP contribution is -2.61. The zero-order valence-electron chi connectivity index (χ0n) is 11.2. The molecule has 3 N–H and O–H groups in total. The lowest BCUT2D eigenvalue weighted by molar-refractivity contribution is -0.150. The Labute approximate surface area is 116 Å². The summed E-state index contributed by atoms with van der Waals surface area (Å²) >= 11 is 0. The predicted molar refractivity (Wildman–Crippen MR) is 72.4 cm³/mol. The summed E-state index contributed by atoms with van der Waals surface area (Å²) in [7, 11) is 0. The minimum absolute atomic E-state index is 0.131. The van der Waals surface area contributed by atoms with E-state index < -0.39 is 23.9 Å². The van der Waals surface area contributed by atoms with E-state index in [4.69, 9.17) is 5.73 Å². The summed E-state index contributed by atoms with van der Waals surface area (Å²) in [5.74, 6) is -1.33. The monoisotopic (exact) mass is 275 g/mol. The SMILES string of the molecule is CC1C(=O)NC(=O)CN1C(=O)[C@@H](N)Cc1ccccc1. The van der Waals surface area contributed by atoms with Gasteiger partial charge in [-0.15, -0.1) is 0 Å². The quantitative estimate of drug-likeness (QED) is 0.723. The number of imide groups is 1. The highest BCUT2D eigenvalue weighted by Gasteiger charge is 2.35. The van der Waals surface area contributed by atoms with Crippen molar-refractivity contribution in [3.63, 3.8) is 0 Å². The van der Waals surface area contributed by atoms with E-state index in [2.05, 4.69) is 5.32 Å². The van der Waals surface area contributed by atoms with Gasteiger partial charge in [0.2, 0.25) is 17.7 Å². The van der Waals surface area contributed by atoms with Crippen LogP contribution in [-0.2, 0) is 20.8 Å². The minimum atomic E-state index is -0.765. The molecule has 0 radical (unpaired) electrons. The first-order chi connectivity index (χ1) is 9.49. The molecule has 1 aromatic carbocycles. The maximum absolute atomic E-state index is 12.3. The number of piperazine rings is 1. The molecule has 20 heavy (non-hydrogen) atoms. The predicted octanol–water partition coefficient (Wildman–Crippen LogP) is -0.570. The highest BCUT2D eigenvalue weighted by Crippen LogP contribution is 2.09. The molecule has 1 heterocycles. The van der Waals surface area contributed by atoms with E-state index in [-0.39, 0.29) is 12.5 Å². The Balaban J connectivity index is 2.06. The van der Waals surface area contributed by atoms with Gasteiger partial charge in [-0.1, -0.05) is 30.3 Å². The Bertz CT molecular complexity index is 530. The number of amides is 3. The third-order valence-electron chi connectivity index (χ3n) is 3.32. The molecule has 6 nitrogen and oxygen atoms in total. The number of hydrogen-bond acceptors (Lipinski definition) is 4. The lowest BCUT2D eigenvalue weighted by atomic mass is 10.0. The molecule has 1 saturated heterocycles. The van der Waals surface area contributed by atoms with E-state index in [0.717, 1.165) is 5.56 Å². The van der Waals surface area contributed by atoms with Gasteiger partial charge < -0.3 is 10.6 Å². The van der Waals surface area contributed by atoms with Gasteiger partial charge in [0.15, 0.2) is 0 Å². The van der Waals surface area contributed by atoms with Gasteiger partial charge in [0.05, 0.1) is 6.04 Å². The van der Waals surface area contributed by atoms with Crippen LogP contribution in [0.25, 0.3) is 0 Å². The molecule has 0 aromatic heterocycles. The summed E-state index contributed by atoms with van der Waals surface area (Å²) in [5, 5.41) is 2.19. The van der Waals surface area contributed by atoms with Crippen molar-refractivity contribution in [1.82, 2.24) is 10.2 Å². The summed E-state index contributed by atoms with van der Waals surface area (Å²) in [6, 6.07) is 7.93. The van der Waals surface area contributed by atoms with Crippen molar-refractivity contribution >= 4 is 17.7 Å². The number of hydrogen-bond donors (Lipinski definition) is 2. The molecule has 1 aliphatic rings. The van der Waals surface area contributed by atoms with Crippen molar-refractivity contribution in [2.24, 2.45) is 5.73 Å². The molecule has 1 unspecified atom stereocenters. The molecule has 0 bridgehead atoms. The van der Waals surface area contributed by atoms with Crippen LogP contribution in [0.15, 0.2) is 30.3 Å². The van der Waals surface area contributed by atoms with E-state index >= 15 is 0 Å².